The molecule has 19 heavy (non-hydrogen) atoms. The van der Waals surface area contributed by atoms with Gasteiger partial charge in [0.05, 0.1) is 5.41 Å². The maximum absolute atomic E-state index is 12.9. The Labute approximate surface area is 115 Å². The summed E-state index contributed by atoms with van der Waals surface area (Å²) in [5.41, 5.74) is -0.278. The van der Waals surface area contributed by atoms with Gasteiger partial charge in [-0.05, 0) is 25.8 Å². The van der Waals surface area contributed by atoms with Crippen LogP contribution < -0.4 is 10.6 Å². The fourth-order valence-electron chi connectivity index (χ4n) is 3.39. The minimum Gasteiger partial charge on any atom is -0.353 e. The van der Waals surface area contributed by atoms with Crippen molar-refractivity contribution >= 4 is 11.8 Å². The van der Waals surface area contributed by atoms with Gasteiger partial charge in [0.1, 0.15) is 6.04 Å². The zero-order valence-corrected chi connectivity index (χ0v) is 12.0. The van der Waals surface area contributed by atoms with Crippen LogP contribution in [0.15, 0.2) is 0 Å². The van der Waals surface area contributed by atoms with Crippen molar-refractivity contribution in [3.63, 3.8) is 0 Å². The van der Waals surface area contributed by atoms with Crippen LogP contribution in [-0.4, -0.2) is 48.9 Å². The molecule has 2 amide bonds. The summed E-state index contributed by atoms with van der Waals surface area (Å²) in [5, 5.41) is 6.17. The van der Waals surface area contributed by atoms with E-state index in [0.29, 0.717) is 19.5 Å². The number of nitrogens with one attached hydrogen (secondary N) is 2. The van der Waals surface area contributed by atoms with Gasteiger partial charge in [-0.2, -0.15) is 0 Å². The Kier molecular flexibility index (Phi) is 4.45. The van der Waals surface area contributed by atoms with Crippen molar-refractivity contribution < 1.29 is 9.59 Å². The highest BCUT2D eigenvalue weighted by molar-refractivity contribution is 5.91. The topological polar surface area (TPSA) is 61.4 Å². The minimum absolute atomic E-state index is 0.000274. The van der Waals surface area contributed by atoms with E-state index in [1.807, 2.05) is 11.8 Å². The fraction of sp³-hybridized carbons (Fsp3) is 0.857. The summed E-state index contributed by atoms with van der Waals surface area (Å²) in [6, 6.07) is -0.282. The van der Waals surface area contributed by atoms with Gasteiger partial charge in [0.15, 0.2) is 0 Å². The van der Waals surface area contributed by atoms with Crippen LogP contribution in [0.25, 0.3) is 0 Å². The molecule has 2 N–H and O–H groups in total. The third-order valence-electron chi connectivity index (χ3n) is 4.40. The largest absolute Gasteiger partial charge is 0.353 e. The van der Waals surface area contributed by atoms with Crippen molar-refractivity contribution in [1.29, 1.82) is 0 Å². The van der Waals surface area contributed by atoms with Crippen molar-refractivity contribution in [2.75, 3.05) is 26.2 Å². The standard InChI is InChI=1S/C14H25N3O2/c1-3-5-14(6-7-15-10-14)13(19)17-9-8-16-12(18)11(17)4-2/h11,15H,3-10H2,1-2H3,(H,16,18). The predicted molar refractivity (Wildman–Crippen MR) is 73.6 cm³/mol. The summed E-state index contributed by atoms with van der Waals surface area (Å²) < 4.78 is 0. The molecule has 2 heterocycles. The first kappa shape index (κ1) is 14.3. The summed E-state index contributed by atoms with van der Waals surface area (Å²) in [4.78, 5) is 26.7. The van der Waals surface area contributed by atoms with E-state index in [1.165, 1.54) is 0 Å². The maximum atomic E-state index is 12.9. The Morgan fingerprint density at radius 2 is 2.21 bits per heavy atom. The molecule has 108 valence electrons. The monoisotopic (exact) mass is 267 g/mol. The van der Waals surface area contributed by atoms with Crippen LogP contribution in [0.3, 0.4) is 0 Å². The number of rotatable bonds is 4. The zero-order valence-electron chi connectivity index (χ0n) is 12.0. The van der Waals surface area contributed by atoms with Gasteiger partial charge in [0.25, 0.3) is 0 Å². The Balaban J connectivity index is 2.18. The van der Waals surface area contributed by atoms with E-state index in [4.69, 9.17) is 0 Å². The summed E-state index contributed by atoms with van der Waals surface area (Å²) in [7, 11) is 0. The van der Waals surface area contributed by atoms with Gasteiger partial charge in [0.2, 0.25) is 11.8 Å². The number of nitrogens with zero attached hydrogens (tertiary/aromatic N) is 1. The first-order valence-corrected chi connectivity index (χ1v) is 7.44. The minimum atomic E-state index is -0.282. The zero-order chi connectivity index (χ0) is 13.9. The highest BCUT2D eigenvalue weighted by Gasteiger charge is 2.45. The first-order valence-electron chi connectivity index (χ1n) is 7.44. The molecule has 0 aromatic rings. The second-order valence-electron chi connectivity index (χ2n) is 5.67. The quantitative estimate of drug-likeness (QED) is 0.780. The van der Waals surface area contributed by atoms with E-state index in [1.54, 1.807) is 0 Å². The Morgan fingerprint density at radius 3 is 2.79 bits per heavy atom. The van der Waals surface area contributed by atoms with Crippen LogP contribution in [0.4, 0.5) is 0 Å². The molecule has 2 unspecified atom stereocenters. The van der Waals surface area contributed by atoms with E-state index in [2.05, 4.69) is 17.6 Å². The van der Waals surface area contributed by atoms with Crippen LogP contribution in [0.5, 0.6) is 0 Å². The van der Waals surface area contributed by atoms with Gasteiger partial charge in [-0.3, -0.25) is 9.59 Å². The highest BCUT2D eigenvalue weighted by atomic mass is 16.2. The van der Waals surface area contributed by atoms with Gasteiger partial charge in [0, 0.05) is 19.6 Å². The Morgan fingerprint density at radius 1 is 1.42 bits per heavy atom. The second kappa shape index (κ2) is 5.90. The van der Waals surface area contributed by atoms with E-state index in [-0.39, 0.29) is 23.3 Å². The number of amides is 2. The molecule has 0 aromatic heterocycles. The van der Waals surface area contributed by atoms with Crippen molar-refractivity contribution in [2.45, 2.75) is 45.6 Å². The number of carbonyl (C=O) groups is 2. The van der Waals surface area contributed by atoms with Crippen LogP contribution in [0.1, 0.15) is 39.5 Å². The van der Waals surface area contributed by atoms with Crippen LogP contribution in [-0.2, 0) is 9.59 Å². The third-order valence-corrected chi connectivity index (χ3v) is 4.40. The third kappa shape index (κ3) is 2.61. The molecule has 0 saturated carbocycles. The van der Waals surface area contributed by atoms with Gasteiger partial charge >= 0.3 is 0 Å². The van der Waals surface area contributed by atoms with Gasteiger partial charge in [-0.25, -0.2) is 0 Å². The lowest BCUT2D eigenvalue weighted by atomic mass is 9.80. The molecule has 2 aliphatic rings. The molecular weight excluding hydrogens is 242 g/mol. The maximum Gasteiger partial charge on any atom is 0.242 e. The molecule has 2 saturated heterocycles. The molecule has 5 heteroatoms. The van der Waals surface area contributed by atoms with Crippen molar-refractivity contribution in [2.24, 2.45) is 5.41 Å². The number of hydrogen-bond donors (Lipinski definition) is 2. The average molecular weight is 267 g/mol. The highest BCUT2D eigenvalue weighted by Crippen LogP contribution is 2.34. The summed E-state index contributed by atoms with van der Waals surface area (Å²) in [6.07, 6.45) is 3.50. The van der Waals surface area contributed by atoms with E-state index in [9.17, 15) is 9.59 Å². The normalized spacial score (nSPS) is 31.4. The lowest BCUT2D eigenvalue weighted by Crippen LogP contribution is -2.60. The number of hydrogen-bond acceptors (Lipinski definition) is 3. The summed E-state index contributed by atoms with van der Waals surface area (Å²) >= 11 is 0. The number of piperazine rings is 1. The lowest BCUT2D eigenvalue weighted by molar-refractivity contribution is -0.151. The molecule has 2 fully saturated rings. The smallest absolute Gasteiger partial charge is 0.242 e. The molecule has 0 aromatic carbocycles. The summed E-state index contributed by atoms with van der Waals surface area (Å²) in [5.74, 6) is 0.181. The summed E-state index contributed by atoms with van der Waals surface area (Å²) in [6.45, 7) is 6.98. The molecule has 0 spiro atoms. The van der Waals surface area contributed by atoms with Crippen LogP contribution in [0.2, 0.25) is 0 Å². The fourth-order valence-corrected chi connectivity index (χ4v) is 3.39. The molecule has 2 aliphatic heterocycles. The molecule has 0 radical (unpaired) electrons. The Hall–Kier alpha value is -1.10. The Bertz CT molecular complexity index is 351. The van der Waals surface area contributed by atoms with Gasteiger partial charge < -0.3 is 15.5 Å². The van der Waals surface area contributed by atoms with Crippen LogP contribution >= 0.6 is 0 Å². The van der Waals surface area contributed by atoms with E-state index in [0.717, 1.165) is 32.4 Å². The number of carbonyl (C=O) groups excluding carboxylic acids is 2. The molecule has 0 aliphatic carbocycles. The van der Waals surface area contributed by atoms with E-state index >= 15 is 0 Å². The molecule has 0 bridgehead atoms. The lowest BCUT2D eigenvalue weighted by Gasteiger charge is -2.40. The van der Waals surface area contributed by atoms with Gasteiger partial charge in [-0.1, -0.05) is 20.3 Å². The first-order chi connectivity index (χ1) is 9.14. The molecule has 5 nitrogen and oxygen atoms in total. The molecule has 2 rings (SSSR count). The van der Waals surface area contributed by atoms with Crippen molar-refractivity contribution in [3.8, 4) is 0 Å². The van der Waals surface area contributed by atoms with Crippen molar-refractivity contribution in [3.05, 3.63) is 0 Å². The van der Waals surface area contributed by atoms with E-state index < -0.39 is 0 Å². The molecule has 2 atom stereocenters. The second-order valence-corrected chi connectivity index (χ2v) is 5.67. The average Bonchev–Trinajstić information content (AvgIpc) is 2.88. The van der Waals surface area contributed by atoms with Gasteiger partial charge in [-0.15, -0.1) is 0 Å². The van der Waals surface area contributed by atoms with Crippen LogP contribution in [0, 0.1) is 5.41 Å². The predicted octanol–water partition coefficient (Wildman–Crippen LogP) is 0.503. The van der Waals surface area contributed by atoms with Crippen molar-refractivity contribution in [1.82, 2.24) is 15.5 Å². The molecular formula is C14H25N3O2. The SMILES string of the molecule is CCCC1(C(=O)N2CCNC(=O)C2CC)CCNC1.